The van der Waals surface area contributed by atoms with Gasteiger partial charge in [-0.3, -0.25) is 4.79 Å². The topological polar surface area (TPSA) is 78.8 Å². The Balaban J connectivity index is 1.11. The Bertz CT molecular complexity index is 1150. The van der Waals surface area contributed by atoms with Crippen molar-refractivity contribution < 1.29 is 32.2 Å². The molecule has 2 aliphatic heterocycles. The number of carbonyl (C=O) groups excluding carboxylic acids is 1. The number of aromatic nitrogens is 2. The summed E-state index contributed by atoms with van der Waals surface area (Å²) < 4.78 is 61.1. The molecule has 5 rings (SSSR count). The highest BCUT2D eigenvalue weighted by Crippen LogP contribution is 2.53. The van der Waals surface area contributed by atoms with E-state index in [2.05, 4.69) is 9.97 Å². The Labute approximate surface area is 225 Å². The first-order valence-corrected chi connectivity index (χ1v) is 13.6. The molecule has 212 valence electrons. The molecule has 39 heavy (non-hydrogen) atoms. The van der Waals surface area contributed by atoms with Gasteiger partial charge in [0.25, 0.3) is 5.91 Å². The van der Waals surface area contributed by atoms with Crippen molar-refractivity contribution in [1.82, 2.24) is 19.8 Å². The van der Waals surface area contributed by atoms with Gasteiger partial charge in [0.15, 0.2) is 0 Å². The largest absolute Gasteiger partial charge is 0.476 e. The van der Waals surface area contributed by atoms with Crippen molar-refractivity contribution in [2.45, 2.75) is 57.2 Å². The van der Waals surface area contributed by atoms with E-state index in [1.165, 1.54) is 29.4 Å². The first kappa shape index (κ1) is 27.8. The third kappa shape index (κ3) is 6.19. The van der Waals surface area contributed by atoms with E-state index in [1.54, 1.807) is 6.07 Å². The fourth-order valence-electron chi connectivity index (χ4n) is 5.78. The van der Waals surface area contributed by atoms with E-state index in [0.29, 0.717) is 57.1 Å². The van der Waals surface area contributed by atoms with Crippen molar-refractivity contribution in [3.63, 3.8) is 0 Å². The van der Waals surface area contributed by atoms with Crippen LogP contribution in [0, 0.1) is 17.2 Å². The molecule has 2 aromatic rings. The molecule has 0 bridgehead atoms. The van der Waals surface area contributed by atoms with Crippen molar-refractivity contribution in [1.29, 1.82) is 0 Å². The lowest BCUT2D eigenvalue weighted by molar-refractivity contribution is -0.256. The first-order chi connectivity index (χ1) is 18.6. The SMILES string of the molecule is O=C(c1ccc(-c2cnc(OCC3CCN(CC4(C(F)(F)F)CCC4)CC3)cn2)c(F)c1)N1CCCC(O)C1. The highest BCUT2D eigenvalue weighted by atomic mass is 19.4. The van der Waals surface area contributed by atoms with Crippen molar-refractivity contribution in [2.24, 2.45) is 11.3 Å². The highest BCUT2D eigenvalue weighted by Gasteiger charge is 2.58. The summed E-state index contributed by atoms with van der Waals surface area (Å²) in [6.45, 7) is 2.49. The molecular formula is C28H34F4N4O3. The zero-order valence-electron chi connectivity index (χ0n) is 21.8. The summed E-state index contributed by atoms with van der Waals surface area (Å²) in [6.07, 6.45) is 2.10. The minimum absolute atomic E-state index is 0.0874. The molecule has 11 heteroatoms. The van der Waals surface area contributed by atoms with Crippen LogP contribution in [-0.2, 0) is 0 Å². The maximum absolute atomic E-state index is 14.9. The van der Waals surface area contributed by atoms with Crippen molar-refractivity contribution >= 4 is 5.91 Å². The number of aliphatic hydroxyl groups is 1. The average Bonchev–Trinajstić information content (AvgIpc) is 2.89. The lowest BCUT2D eigenvalue weighted by Gasteiger charge is -2.47. The van der Waals surface area contributed by atoms with Crippen molar-refractivity contribution in [3.05, 3.63) is 42.0 Å². The van der Waals surface area contributed by atoms with Gasteiger partial charge < -0.3 is 19.6 Å². The van der Waals surface area contributed by atoms with Gasteiger partial charge >= 0.3 is 6.18 Å². The van der Waals surface area contributed by atoms with Crippen LogP contribution in [0.2, 0.25) is 0 Å². The number of nitrogens with zero attached hydrogens (tertiary/aromatic N) is 4. The van der Waals surface area contributed by atoms with Crippen LogP contribution in [0.5, 0.6) is 5.88 Å². The fraction of sp³-hybridized carbons (Fsp3) is 0.607. The average molecular weight is 551 g/mol. The predicted molar refractivity (Wildman–Crippen MR) is 136 cm³/mol. The van der Waals surface area contributed by atoms with E-state index in [-0.39, 0.29) is 48.9 Å². The highest BCUT2D eigenvalue weighted by molar-refractivity contribution is 5.94. The Morgan fingerprint density at radius 3 is 2.44 bits per heavy atom. The number of carbonyl (C=O) groups is 1. The van der Waals surface area contributed by atoms with Crippen LogP contribution in [-0.4, -0.2) is 82.4 Å². The number of aliphatic hydroxyl groups excluding tert-OH is 1. The number of piperidine rings is 2. The lowest BCUT2D eigenvalue weighted by atomic mass is 9.67. The second-order valence-corrected chi connectivity index (χ2v) is 11.1. The zero-order valence-corrected chi connectivity index (χ0v) is 21.8. The molecule has 7 nitrogen and oxygen atoms in total. The standard InChI is InChI=1S/C28H34F4N4O3/c29-23-13-20(26(38)36-10-1-3-21(37)16-36)4-5-22(23)24-14-34-25(15-33-24)39-17-19-6-11-35(12-7-19)18-27(8-2-9-27)28(30,31)32/h4-5,13-15,19,21,37H,1-3,6-12,16-18H2. The van der Waals surface area contributed by atoms with Gasteiger partial charge in [0, 0.05) is 30.8 Å². The Hall–Kier alpha value is -2.79. The number of benzene rings is 1. The van der Waals surface area contributed by atoms with E-state index in [0.717, 1.165) is 12.8 Å². The molecule has 1 aromatic heterocycles. The van der Waals surface area contributed by atoms with Gasteiger partial charge in [-0.15, -0.1) is 0 Å². The van der Waals surface area contributed by atoms with Crippen LogP contribution < -0.4 is 4.74 Å². The number of ether oxygens (including phenoxy) is 1. The molecule has 1 aliphatic carbocycles. The smallest absolute Gasteiger partial charge is 0.395 e. The molecule has 0 radical (unpaired) electrons. The summed E-state index contributed by atoms with van der Waals surface area (Å²) in [7, 11) is 0. The summed E-state index contributed by atoms with van der Waals surface area (Å²) in [6, 6.07) is 4.22. The van der Waals surface area contributed by atoms with Crippen molar-refractivity contribution in [2.75, 3.05) is 39.3 Å². The number of amides is 1. The predicted octanol–water partition coefficient (Wildman–Crippen LogP) is 4.70. The third-order valence-electron chi connectivity index (χ3n) is 8.42. The van der Waals surface area contributed by atoms with Crippen LogP contribution >= 0.6 is 0 Å². The van der Waals surface area contributed by atoms with E-state index in [9.17, 15) is 27.5 Å². The van der Waals surface area contributed by atoms with Gasteiger partial charge in [-0.1, -0.05) is 6.42 Å². The van der Waals surface area contributed by atoms with Gasteiger partial charge in [0.2, 0.25) is 5.88 Å². The minimum atomic E-state index is -4.14. The van der Waals surface area contributed by atoms with Gasteiger partial charge in [-0.2, -0.15) is 13.2 Å². The second kappa shape index (κ2) is 11.4. The summed E-state index contributed by atoms with van der Waals surface area (Å²) in [5, 5.41) is 9.81. The summed E-state index contributed by atoms with van der Waals surface area (Å²) >= 11 is 0. The van der Waals surface area contributed by atoms with Crippen LogP contribution in [0.15, 0.2) is 30.6 Å². The van der Waals surface area contributed by atoms with Gasteiger partial charge in [0.05, 0.1) is 36.2 Å². The van der Waals surface area contributed by atoms with Gasteiger partial charge in [-0.25, -0.2) is 14.4 Å². The molecule has 1 aromatic carbocycles. The molecule has 3 aliphatic rings. The van der Waals surface area contributed by atoms with E-state index in [1.807, 2.05) is 4.90 Å². The molecule has 3 heterocycles. The molecular weight excluding hydrogens is 516 g/mol. The van der Waals surface area contributed by atoms with Gasteiger partial charge in [0.1, 0.15) is 5.82 Å². The molecule has 3 fully saturated rings. The quantitative estimate of drug-likeness (QED) is 0.504. The van der Waals surface area contributed by atoms with E-state index in [4.69, 9.17) is 4.74 Å². The normalized spacial score (nSPS) is 22.4. The monoisotopic (exact) mass is 550 g/mol. The van der Waals surface area contributed by atoms with Gasteiger partial charge in [-0.05, 0) is 75.7 Å². The Kier molecular flexibility index (Phi) is 8.09. The third-order valence-corrected chi connectivity index (χ3v) is 8.42. The fourth-order valence-corrected chi connectivity index (χ4v) is 5.78. The summed E-state index contributed by atoms with van der Waals surface area (Å²) in [5.74, 6) is -0.401. The lowest BCUT2D eigenvalue weighted by Crippen LogP contribution is -2.53. The molecule has 1 amide bonds. The maximum atomic E-state index is 14.9. The number of alkyl halides is 3. The molecule has 1 unspecified atom stereocenters. The van der Waals surface area contributed by atoms with Crippen LogP contribution in [0.25, 0.3) is 11.3 Å². The van der Waals surface area contributed by atoms with Crippen LogP contribution in [0.4, 0.5) is 17.6 Å². The van der Waals surface area contributed by atoms with Crippen LogP contribution in [0.3, 0.4) is 0 Å². The first-order valence-electron chi connectivity index (χ1n) is 13.6. The zero-order chi connectivity index (χ0) is 27.6. The van der Waals surface area contributed by atoms with Crippen LogP contribution in [0.1, 0.15) is 55.3 Å². The molecule has 1 saturated carbocycles. The Morgan fingerprint density at radius 2 is 1.85 bits per heavy atom. The second-order valence-electron chi connectivity index (χ2n) is 11.1. The maximum Gasteiger partial charge on any atom is 0.395 e. The number of rotatable bonds is 7. The minimum Gasteiger partial charge on any atom is -0.476 e. The van der Waals surface area contributed by atoms with E-state index >= 15 is 0 Å². The number of likely N-dealkylation sites (tertiary alicyclic amines) is 2. The molecule has 0 spiro atoms. The van der Waals surface area contributed by atoms with Crippen molar-refractivity contribution in [3.8, 4) is 17.1 Å². The number of hydrogen-bond donors (Lipinski definition) is 1. The number of halogens is 4. The summed E-state index contributed by atoms with van der Waals surface area (Å²) in [5.41, 5.74) is -0.805. The number of hydrogen-bond acceptors (Lipinski definition) is 6. The Morgan fingerprint density at radius 1 is 1.08 bits per heavy atom. The molecule has 1 atom stereocenters. The van der Waals surface area contributed by atoms with E-state index < -0.39 is 23.5 Å². The number of β-amino-alcohol motifs (C(OH)–C–C–N with tert-alkyl or cyclic N) is 1. The molecule has 2 saturated heterocycles. The summed E-state index contributed by atoms with van der Waals surface area (Å²) in [4.78, 5) is 24.7. The molecule has 1 N–H and O–H groups in total.